The molecule has 0 amide bonds. The molecule has 0 saturated carbocycles. The highest BCUT2D eigenvalue weighted by atomic mass is 32.1. The largest absolute Gasteiger partial charge is 0.487 e. The summed E-state index contributed by atoms with van der Waals surface area (Å²) in [5, 5.41) is 3.43. The summed E-state index contributed by atoms with van der Waals surface area (Å²) in [5.41, 5.74) is 6.46. The first-order chi connectivity index (χ1) is 6.29. The molecule has 3 nitrogen and oxygen atoms in total. The third kappa shape index (κ3) is 1.66. The van der Waals surface area contributed by atoms with E-state index in [1.54, 1.807) is 18.4 Å². The number of nitrogens with zero attached hydrogens (tertiary/aromatic N) is 1. The van der Waals surface area contributed by atoms with Gasteiger partial charge in [-0.1, -0.05) is 11.3 Å². The van der Waals surface area contributed by atoms with Crippen molar-refractivity contribution < 1.29 is 4.74 Å². The van der Waals surface area contributed by atoms with Gasteiger partial charge in [-0.2, -0.15) is 0 Å². The van der Waals surface area contributed by atoms with Gasteiger partial charge >= 0.3 is 0 Å². The number of aromatic nitrogens is 1. The Morgan fingerprint density at radius 1 is 1.46 bits per heavy atom. The van der Waals surface area contributed by atoms with Crippen LogP contribution < -0.4 is 10.5 Å². The highest BCUT2D eigenvalue weighted by Gasteiger charge is 2.05. The molecular formula is C8H8N2OS2. The summed E-state index contributed by atoms with van der Waals surface area (Å²) in [5.74, 6) is 0. The van der Waals surface area contributed by atoms with Gasteiger partial charge in [0.15, 0.2) is 10.2 Å². The van der Waals surface area contributed by atoms with Crippen molar-refractivity contribution in [3.8, 4) is 15.6 Å². The van der Waals surface area contributed by atoms with Gasteiger partial charge < -0.3 is 10.5 Å². The molecule has 2 aromatic rings. The van der Waals surface area contributed by atoms with Crippen LogP contribution in [0, 0.1) is 0 Å². The highest BCUT2D eigenvalue weighted by molar-refractivity contribution is 7.18. The van der Waals surface area contributed by atoms with Crippen LogP contribution in [0.3, 0.4) is 0 Å². The van der Waals surface area contributed by atoms with E-state index in [2.05, 4.69) is 4.98 Å². The van der Waals surface area contributed by atoms with Crippen LogP contribution in [-0.4, -0.2) is 12.1 Å². The third-order valence-electron chi connectivity index (χ3n) is 1.56. The van der Waals surface area contributed by atoms with Crippen molar-refractivity contribution in [2.24, 2.45) is 0 Å². The topological polar surface area (TPSA) is 48.1 Å². The lowest BCUT2D eigenvalue weighted by Crippen LogP contribution is -1.80. The van der Waals surface area contributed by atoms with Gasteiger partial charge in [0.2, 0.25) is 0 Å². The summed E-state index contributed by atoms with van der Waals surface area (Å²) in [6.45, 7) is 0. The van der Waals surface area contributed by atoms with Crippen molar-refractivity contribution in [3.63, 3.8) is 0 Å². The van der Waals surface area contributed by atoms with Crippen LogP contribution in [0.2, 0.25) is 0 Å². The fraction of sp³-hybridized carbons (Fsp3) is 0.125. The minimum Gasteiger partial charge on any atom is -0.487 e. The molecule has 13 heavy (non-hydrogen) atoms. The molecular weight excluding hydrogens is 204 g/mol. The quantitative estimate of drug-likeness (QED) is 0.831. The molecule has 0 aromatic carbocycles. The van der Waals surface area contributed by atoms with E-state index in [9.17, 15) is 0 Å². The first kappa shape index (κ1) is 8.52. The molecule has 2 aromatic heterocycles. The van der Waals surface area contributed by atoms with Crippen molar-refractivity contribution in [1.82, 2.24) is 4.98 Å². The van der Waals surface area contributed by atoms with E-state index >= 15 is 0 Å². The van der Waals surface area contributed by atoms with Gasteiger partial charge in [-0.25, -0.2) is 4.98 Å². The van der Waals surface area contributed by atoms with E-state index in [1.165, 1.54) is 11.3 Å². The van der Waals surface area contributed by atoms with E-state index in [-0.39, 0.29) is 0 Å². The Hall–Kier alpha value is -1.07. The molecule has 2 N–H and O–H groups in total. The molecule has 5 heteroatoms. The van der Waals surface area contributed by atoms with Gasteiger partial charge in [-0.3, -0.25) is 0 Å². The number of hydrogen-bond acceptors (Lipinski definition) is 5. The molecule has 68 valence electrons. The van der Waals surface area contributed by atoms with Gasteiger partial charge in [-0.15, -0.1) is 11.3 Å². The van der Waals surface area contributed by atoms with Crippen molar-refractivity contribution in [3.05, 3.63) is 17.5 Å². The molecule has 0 fully saturated rings. The van der Waals surface area contributed by atoms with Gasteiger partial charge in [0.25, 0.3) is 0 Å². The zero-order valence-electron chi connectivity index (χ0n) is 6.98. The Morgan fingerprint density at radius 2 is 2.31 bits per heavy atom. The Bertz CT molecular complexity index is 408. The number of hydrogen-bond donors (Lipinski definition) is 1. The minimum atomic E-state index is 0.599. The molecule has 0 unspecified atom stereocenters. The first-order valence-corrected chi connectivity index (χ1v) is 5.34. The molecule has 0 bridgehead atoms. The average Bonchev–Trinajstić information content (AvgIpc) is 2.71. The second-order valence-corrected chi connectivity index (χ2v) is 4.33. The summed E-state index contributed by atoms with van der Waals surface area (Å²) in [7, 11) is 1.66. The predicted octanol–water partition coefficient (Wildman–Crippen LogP) is 2.46. The number of nitrogens with two attached hydrogens (primary N) is 1. The number of thiophene rings is 1. The van der Waals surface area contributed by atoms with Crippen molar-refractivity contribution in [2.45, 2.75) is 0 Å². The molecule has 2 heterocycles. The van der Waals surface area contributed by atoms with E-state index in [0.29, 0.717) is 5.13 Å². The summed E-state index contributed by atoms with van der Waals surface area (Å²) >= 11 is 3.01. The summed E-state index contributed by atoms with van der Waals surface area (Å²) in [4.78, 5) is 5.27. The maximum Gasteiger partial charge on any atom is 0.180 e. The van der Waals surface area contributed by atoms with E-state index in [4.69, 9.17) is 10.5 Å². The van der Waals surface area contributed by atoms with Crippen LogP contribution in [0.1, 0.15) is 0 Å². The molecule has 0 aliphatic heterocycles. The summed E-state index contributed by atoms with van der Waals surface area (Å²) < 4.78 is 5.09. The number of methoxy groups -OCH3 is 1. The monoisotopic (exact) mass is 212 g/mol. The van der Waals surface area contributed by atoms with Crippen LogP contribution in [0.5, 0.6) is 5.06 Å². The minimum absolute atomic E-state index is 0.599. The van der Waals surface area contributed by atoms with Crippen molar-refractivity contribution >= 4 is 27.8 Å². The van der Waals surface area contributed by atoms with Crippen LogP contribution in [-0.2, 0) is 0 Å². The van der Waals surface area contributed by atoms with E-state index < -0.39 is 0 Å². The van der Waals surface area contributed by atoms with Gasteiger partial charge in [0.05, 0.1) is 17.7 Å². The molecule has 0 spiro atoms. The van der Waals surface area contributed by atoms with Crippen molar-refractivity contribution in [1.29, 1.82) is 0 Å². The summed E-state index contributed by atoms with van der Waals surface area (Å²) in [6.07, 6.45) is 0. The van der Waals surface area contributed by atoms with Gasteiger partial charge in [0, 0.05) is 5.38 Å². The van der Waals surface area contributed by atoms with Crippen LogP contribution in [0.15, 0.2) is 17.5 Å². The van der Waals surface area contributed by atoms with E-state index in [0.717, 1.165) is 15.6 Å². The number of rotatable bonds is 2. The Morgan fingerprint density at radius 3 is 2.85 bits per heavy atom. The average molecular weight is 212 g/mol. The molecule has 0 saturated heterocycles. The van der Waals surface area contributed by atoms with Crippen LogP contribution >= 0.6 is 22.7 Å². The number of anilines is 1. The Kier molecular flexibility index (Phi) is 2.20. The molecule has 0 atom stereocenters. The van der Waals surface area contributed by atoms with Gasteiger partial charge in [0.1, 0.15) is 0 Å². The van der Waals surface area contributed by atoms with Crippen LogP contribution in [0.25, 0.3) is 10.6 Å². The predicted molar refractivity (Wildman–Crippen MR) is 56.4 cm³/mol. The number of ether oxygens (including phenoxy) is 1. The fourth-order valence-corrected chi connectivity index (χ4v) is 2.39. The second-order valence-electron chi connectivity index (χ2n) is 2.39. The van der Waals surface area contributed by atoms with Crippen molar-refractivity contribution in [2.75, 3.05) is 12.8 Å². The molecule has 0 radical (unpaired) electrons. The lowest BCUT2D eigenvalue weighted by Gasteiger charge is -1.89. The number of thiazole rings is 1. The Labute approximate surface area is 83.8 Å². The molecule has 2 rings (SSSR count). The smallest absolute Gasteiger partial charge is 0.180 e. The normalized spacial score (nSPS) is 10.2. The maximum atomic E-state index is 5.54. The van der Waals surface area contributed by atoms with Gasteiger partial charge in [-0.05, 0) is 12.1 Å². The van der Waals surface area contributed by atoms with E-state index in [1.807, 2.05) is 17.5 Å². The third-order valence-corrected chi connectivity index (χ3v) is 3.30. The lowest BCUT2D eigenvalue weighted by atomic mass is 10.4. The Balaban J connectivity index is 2.35. The zero-order chi connectivity index (χ0) is 9.26. The first-order valence-electron chi connectivity index (χ1n) is 3.65. The number of nitrogen functional groups attached to an aromatic ring is 1. The standard InChI is InChI=1S/C8H8N2OS2/c1-11-7-3-2-6(13-7)5-4-12-8(9)10-5/h2-4H,1H3,(H2,9,10). The lowest BCUT2D eigenvalue weighted by molar-refractivity contribution is 0.427. The summed E-state index contributed by atoms with van der Waals surface area (Å²) in [6, 6.07) is 3.91. The second kappa shape index (κ2) is 3.35. The highest BCUT2D eigenvalue weighted by Crippen LogP contribution is 2.33. The van der Waals surface area contributed by atoms with Crippen LogP contribution in [0.4, 0.5) is 5.13 Å². The maximum absolute atomic E-state index is 5.54. The fourth-order valence-electron chi connectivity index (χ4n) is 0.968. The SMILES string of the molecule is COc1ccc(-c2csc(N)n2)s1. The molecule has 0 aliphatic carbocycles. The zero-order valence-corrected chi connectivity index (χ0v) is 8.61. The molecule has 0 aliphatic rings.